The minimum absolute atomic E-state index is 0.134. The molecule has 1 aliphatic heterocycles. The summed E-state index contributed by atoms with van der Waals surface area (Å²) in [7, 11) is -1.02. The van der Waals surface area contributed by atoms with Crippen molar-refractivity contribution in [3.8, 4) is 0 Å². The van der Waals surface area contributed by atoms with Crippen molar-refractivity contribution >= 4 is 10.0 Å². The van der Waals surface area contributed by atoms with Crippen molar-refractivity contribution in [2.75, 3.05) is 32.4 Å². The van der Waals surface area contributed by atoms with E-state index < -0.39 is 10.0 Å². The van der Waals surface area contributed by atoms with Crippen molar-refractivity contribution in [2.24, 2.45) is 0 Å². The molecular weight excluding hydrogens is 262 g/mol. The predicted octanol–water partition coefficient (Wildman–Crippen LogP) is 0.778. The Morgan fingerprint density at radius 3 is 2.42 bits per heavy atom. The van der Waals surface area contributed by atoms with Gasteiger partial charge in [-0.3, -0.25) is 0 Å². The molecule has 5 nitrogen and oxygen atoms in total. The molecule has 1 fully saturated rings. The van der Waals surface area contributed by atoms with Crippen LogP contribution in [-0.4, -0.2) is 57.8 Å². The number of piperidine rings is 1. The Bertz CT molecular complexity index is 336. The number of nitrogens with one attached hydrogen (secondary N) is 2. The third-order valence-corrected chi connectivity index (χ3v) is 4.98. The Morgan fingerprint density at radius 1 is 1.21 bits per heavy atom. The van der Waals surface area contributed by atoms with Gasteiger partial charge < -0.3 is 10.2 Å². The van der Waals surface area contributed by atoms with E-state index in [1.165, 1.54) is 0 Å². The summed E-state index contributed by atoms with van der Waals surface area (Å²) in [6.45, 7) is 7.04. The molecule has 2 N–H and O–H groups in total. The summed E-state index contributed by atoms with van der Waals surface area (Å²) >= 11 is 0. The summed E-state index contributed by atoms with van der Waals surface area (Å²) in [5, 5.41) is 3.30. The van der Waals surface area contributed by atoms with Crippen molar-refractivity contribution in [1.29, 1.82) is 0 Å². The van der Waals surface area contributed by atoms with E-state index in [-0.39, 0.29) is 11.8 Å². The number of rotatable bonds is 8. The number of sulfonamides is 1. The standard InChI is InChI=1S/C13H29N3O2S/c1-12(2)14-8-4-5-11-19(17,18)15-13-6-9-16(3)10-7-13/h12-15H,4-11H2,1-3H3. The fourth-order valence-corrected chi connectivity index (χ4v) is 3.69. The lowest BCUT2D eigenvalue weighted by Gasteiger charge is -2.29. The molecular formula is C13H29N3O2S. The zero-order valence-electron chi connectivity index (χ0n) is 12.5. The highest BCUT2D eigenvalue weighted by atomic mass is 32.2. The second kappa shape index (κ2) is 8.19. The molecule has 0 spiro atoms. The summed E-state index contributed by atoms with van der Waals surface area (Å²) in [6, 6.07) is 0.601. The molecule has 1 rings (SSSR count). The molecule has 6 heteroatoms. The van der Waals surface area contributed by atoms with Crippen LogP contribution in [0.1, 0.15) is 39.5 Å². The van der Waals surface area contributed by atoms with Gasteiger partial charge in [-0.05, 0) is 52.4 Å². The molecule has 1 saturated heterocycles. The third kappa shape index (κ3) is 7.87. The van der Waals surface area contributed by atoms with Crippen LogP contribution in [0.15, 0.2) is 0 Å². The highest BCUT2D eigenvalue weighted by Crippen LogP contribution is 2.09. The highest BCUT2D eigenvalue weighted by Gasteiger charge is 2.21. The second-order valence-corrected chi connectivity index (χ2v) is 7.70. The molecule has 0 amide bonds. The minimum atomic E-state index is -3.10. The number of nitrogens with zero attached hydrogens (tertiary/aromatic N) is 1. The van der Waals surface area contributed by atoms with Gasteiger partial charge in [0.05, 0.1) is 5.75 Å². The van der Waals surface area contributed by atoms with E-state index in [1.54, 1.807) is 0 Å². The SMILES string of the molecule is CC(C)NCCCCS(=O)(=O)NC1CCN(C)CC1. The quantitative estimate of drug-likeness (QED) is 0.649. The van der Waals surface area contributed by atoms with E-state index >= 15 is 0 Å². The molecule has 0 aromatic rings. The van der Waals surface area contributed by atoms with Crippen molar-refractivity contribution in [1.82, 2.24) is 14.9 Å². The average molecular weight is 291 g/mol. The fraction of sp³-hybridized carbons (Fsp3) is 1.00. The first kappa shape index (κ1) is 16.9. The van der Waals surface area contributed by atoms with E-state index in [4.69, 9.17) is 0 Å². The first-order chi connectivity index (χ1) is 8.89. The lowest BCUT2D eigenvalue weighted by atomic mass is 10.1. The molecule has 0 saturated carbocycles. The molecule has 19 heavy (non-hydrogen) atoms. The lowest BCUT2D eigenvalue weighted by Crippen LogP contribution is -2.44. The monoisotopic (exact) mass is 291 g/mol. The first-order valence-corrected chi connectivity index (χ1v) is 8.96. The summed E-state index contributed by atoms with van der Waals surface area (Å²) in [6.07, 6.45) is 3.48. The van der Waals surface area contributed by atoms with Crippen LogP contribution in [0.25, 0.3) is 0 Å². The van der Waals surface area contributed by atoms with Crippen LogP contribution in [0.5, 0.6) is 0 Å². The van der Waals surface area contributed by atoms with Gasteiger partial charge in [-0.2, -0.15) is 0 Å². The minimum Gasteiger partial charge on any atom is -0.315 e. The second-order valence-electron chi connectivity index (χ2n) is 5.83. The Labute approximate surface area is 118 Å². The molecule has 1 aliphatic rings. The van der Waals surface area contributed by atoms with Gasteiger partial charge in [-0.15, -0.1) is 0 Å². The normalized spacial score (nSPS) is 19.2. The van der Waals surface area contributed by atoms with Gasteiger partial charge in [-0.1, -0.05) is 13.8 Å². The van der Waals surface area contributed by atoms with E-state index in [0.717, 1.165) is 45.3 Å². The number of likely N-dealkylation sites (tertiary alicyclic amines) is 1. The summed E-state index contributed by atoms with van der Waals surface area (Å²) in [4.78, 5) is 2.24. The Morgan fingerprint density at radius 2 is 1.84 bits per heavy atom. The van der Waals surface area contributed by atoms with Gasteiger partial charge in [-0.25, -0.2) is 13.1 Å². The smallest absolute Gasteiger partial charge is 0.211 e. The maximum atomic E-state index is 11.9. The van der Waals surface area contributed by atoms with Gasteiger partial charge in [0, 0.05) is 12.1 Å². The topological polar surface area (TPSA) is 61.4 Å². The van der Waals surface area contributed by atoms with Crippen molar-refractivity contribution in [2.45, 2.75) is 51.6 Å². The van der Waals surface area contributed by atoms with Gasteiger partial charge in [0.15, 0.2) is 0 Å². The van der Waals surface area contributed by atoms with Crippen molar-refractivity contribution in [3.05, 3.63) is 0 Å². The Kier molecular flexibility index (Phi) is 7.28. The van der Waals surface area contributed by atoms with Crippen LogP contribution in [-0.2, 0) is 10.0 Å². The zero-order valence-corrected chi connectivity index (χ0v) is 13.3. The molecule has 0 aromatic heterocycles. The van der Waals surface area contributed by atoms with Crippen LogP contribution >= 0.6 is 0 Å². The average Bonchev–Trinajstić information content (AvgIpc) is 2.31. The largest absolute Gasteiger partial charge is 0.315 e. The number of hydrogen-bond donors (Lipinski definition) is 2. The number of hydrogen-bond acceptors (Lipinski definition) is 4. The maximum Gasteiger partial charge on any atom is 0.211 e. The fourth-order valence-electron chi connectivity index (χ4n) is 2.25. The summed E-state index contributed by atoms with van der Waals surface area (Å²) in [5.74, 6) is 0.249. The molecule has 114 valence electrons. The molecule has 0 bridgehead atoms. The van der Waals surface area contributed by atoms with Gasteiger partial charge >= 0.3 is 0 Å². The number of unbranched alkanes of at least 4 members (excludes halogenated alkanes) is 1. The zero-order chi connectivity index (χ0) is 14.3. The molecule has 0 atom stereocenters. The Balaban J connectivity index is 2.17. The van der Waals surface area contributed by atoms with Crippen LogP contribution < -0.4 is 10.0 Å². The van der Waals surface area contributed by atoms with E-state index in [0.29, 0.717) is 6.04 Å². The molecule has 0 aliphatic carbocycles. The highest BCUT2D eigenvalue weighted by molar-refractivity contribution is 7.89. The Hall–Kier alpha value is -0.170. The van der Waals surface area contributed by atoms with Crippen LogP contribution in [0.4, 0.5) is 0 Å². The summed E-state index contributed by atoms with van der Waals surface area (Å²) < 4.78 is 26.7. The van der Waals surface area contributed by atoms with E-state index in [1.807, 2.05) is 0 Å². The van der Waals surface area contributed by atoms with Gasteiger partial charge in [0.25, 0.3) is 0 Å². The first-order valence-electron chi connectivity index (χ1n) is 7.31. The molecule has 0 radical (unpaired) electrons. The third-order valence-electron chi connectivity index (χ3n) is 3.46. The van der Waals surface area contributed by atoms with Crippen molar-refractivity contribution in [3.63, 3.8) is 0 Å². The van der Waals surface area contributed by atoms with Crippen LogP contribution in [0.3, 0.4) is 0 Å². The maximum absolute atomic E-state index is 11.9. The van der Waals surface area contributed by atoms with Crippen LogP contribution in [0.2, 0.25) is 0 Å². The molecule has 0 aromatic carbocycles. The van der Waals surface area contributed by atoms with E-state index in [2.05, 4.69) is 35.8 Å². The van der Waals surface area contributed by atoms with Gasteiger partial charge in [0.2, 0.25) is 10.0 Å². The van der Waals surface area contributed by atoms with Crippen LogP contribution in [0, 0.1) is 0 Å². The molecule has 1 heterocycles. The molecule has 0 unspecified atom stereocenters. The summed E-state index contributed by atoms with van der Waals surface area (Å²) in [5.41, 5.74) is 0. The predicted molar refractivity (Wildman–Crippen MR) is 79.8 cm³/mol. The van der Waals surface area contributed by atoms with E-state index in [9.17, 15) is 8.42 Å². The van der Waals surface area contributed by atoms with Crippen molar-refractivity contribution < 1.29 is 8.42 Å². The van der Waals surface area contributed by atoms with Gasteiger partial charge in [0.1, 0.15) is 0 Å². The lowest BCUT2D eigenvalue weighted by molar-refractivity contribution is 0.248.